The molecule has 0 radical (unpaired) electrons. The molecule has 120 valence electrons. The second-order valence-electron chi connectivity index (χ2n) is 6.80. The number of fused-ring (bicyclic) bond motifs is 1. The SMILES string of the molecule is CC(C)C(C)C1CN(Cc2c[nH]c3c(=O)[nH]cnc23)CC1O. The Balaban J connectivity index is 1.76. The van der Waals surface area contributed by atoms with E-state index in [1.54, 1.807) is 0 Å². The molecule has 0 aliphatic carbocycles. The van der Waals surface area contributed by atoms with E-state index in [4.69, 9.17) is 0 Å². The third-order valence-corrected chi connectivity index (χ3v) is 5.08. The van der Waals surface area contributed by atoms with E-state index in [2.05, 4.69) is 40.6 Å². The van der Waals surface area contributed by atoms with Crippen LogP contribution in [0.3, 0.4) is 0 Å². The van der Waals surface area contributed by atoms with Gasteiger partial charge in [0.25, 0.3) is 5.56 Å². The van der Waals surface area contributed by atoms with E-state index >= 15 is 0 Å². The zero-order valence-electron chi connectivity index (χ0n) is 13.3. The Bertz CT molecular complexity index is 705. The fourth-order valence-corrected chi connectivity index (χ4v) is 3.40. The first-order valence-electron chi connectivity index (χ1n) is 7.91. The van der Waals surface area contributed by atoms with Gasteiger partial charge in [0.2, 0.25) is 0 Å². The molecule has 0 saturated carbocycles. The largest absolute Gasteiger partial charge is 0.391 e. The molecule has 0 aromatic carbocycles. The van der Waals surface area contributed by atoms with Crippen molar-refractivity contribution < 1.29 is 5.11 Å². The van der Waals surface area contributed by atoms with Crippen LogP contribution in [0.2, 0.25) is 0 Å². The number of rotatable bonds is 4. The molecule has 3 rings (SSSR count). The van der Waals surface area contributed by atoms with Gasteiger partial charge in [-0.25, -0.2) is 4.98 Å². The molecule has 3 heterocycles. The number of aliphatic hydroxyl groups excluding tert-OH is 1. The molecule has 1 saturated heterocycles. The molecule has 2 aromatic heterocycles. The standard InChI is InChI=1S/C16H24N4O2/c1-9(2)10(3)12-6-20(7-13(12)21)5-11-4-17-15-14(11)18-8-19-16(15)22/h4,8-10,12-13,17,21H,5-7H2,1-3H3,(H,18,19,22). The van der Waals surface area contributed by atoms with Gasteiger partial charge in [-0.15, -0.1) is 0 Å². The number of likely N-dealkylation sites (tertiary alicyclic amines) is 1. The van der Waals surface area contributed by atoms with Crippen LogP contribution in [-0.2, 0) is 6.54 Å². The maximum absolute atomic E-state index is 11.7. The first-order chi connectivity index (χ1) is 10.5. The van der Waals surface area contributed by atoms with Gasteiger partial charge in [0.1, 0.15) is 5.52 Å². The average molecular weight is 304 g/mol. The van der Waals surface area contributed by atoms with E-state index in [0.29, 0.717) is 36.4 Å². The van der Waals surface area contributed by atoms with Gasteiger partial charge in [0.05, 0.1) is 17.9 Å². The van der Waals surface area contributed by atoms with Crippen molar-refractivity contribution in [3.63, 3.8) is 0 Å². The highest BCUT2D eigenvalue weighted by molar-refractivity contribution is 5.77. The smallest absolute Gasteiger partial charge is 0.275 e. The summed E-state index contributed by atoms with van der Waals surface area (Å²) >= 11 is 0. The number of nitrogens with zero attached hydrogens (tertiary/aromatic N) is 2. The minimum absolute atomic E-state index is 0.149. The van der Waals surface area contributed by atoms with Crippen molar-refractivity contribution in [2.24, 2.45) is 17.8 Å². The lowest BCUT2D eigenvalue weighted by Crippen LogP contribution is -2.27. The van der Waals surface area contributed by atoms with Crippen LogP contribution in [0.15, 0.2) is 17.3 Å². The number of aromatic nitrogens is 3. The Hall–Kier alpha value is -1.66. The number of aromatic amines is 2. The molecule has 6 nitrogen and oxygen atoms in total. The summed E-state index contributed by atoms with van der Waals surface area (Å²) in [5.41, 5.74) is 2.10. The van der Waals surface area contributed by atoms with Crippen molar-refractivity contribution in [2.45, 2.75) is 33.4 Å². The zero-order chi connectivity index (χ0) is 15.9. The molecule has 6 heteroatoms. The Morgan fingerprint density at radius 3 is 2.86 bits per heavy atom. The first kappa shape index (κ1) is 15.2. The van der Waals surface area contributed by atoms with Gasteiger partial charge >= 0.3 is 0 Å². The van der Waals surface area contributed by atoms with E-state index in [9.17, 15) is 9.90 Å². The van der Waals surface area contributed by atoms with Crippen LogP contribution in [0.1, 0.15) is 26.3 Å². The fourth-order valence-electron chi connectivity index (χ4n) is 3.40. The summed E-state index contributed by atoms with van der Waals surface area (Å²) in [6, 6.07) is 0. The maximum Gasteiger partial charge on any atom is 0.275 e. The van der Waals surface area contributed by atoms with Crippen molar-refractivity contribution in [1.29, 1.82) is 0 Å². The Kier molecular flexibility index (Phi) is 4.06. The first-order valence-corrected chi connectivity index (χ1v) is 7.91. The van der Waals surface area contributed by atoms with E-state index in [1.165, 1.54) is 6.33 Å². The van der Waals surface area contributed by atoms with Gasteiger partial charge in [-0.3, -0.25) is 9.69 Å². The number of aliphatic hydroxyl groups is 1. The van der Waals surface area contributed by atoms with E-state index in [-0.39, 0.29) is 11.7 Å². The summed E-state index contributed by atoms with van der Waals surface area (Å²) in [5, 5.41) is 10.3. The summed E-state index contributed by atoms with van der Waals surface area (Å²) in [6.07, 6.45) is 3.00. The lowest BCUT2D eigenvalue weighted by Gasteiger charge is -2.25. The van der Waals surface area contributed by atoms with Gasteiger partial charge in [-0.1, -0.05) is 20.8 Å². The highest BCUT2D eigenvalue weighted by Crippen LogP contribution is 2.30. The van der Waals surface area contributed by atoms with E-state index < -0.39 is 0 Å². The highest BCUT2D eigenvalue weighted by atomic mass is 16.3. The Labute approximate surface area is 129 Å². The van der Waals surface area contributed by atoms with Crippen molar-refractivity contribution in [2.75, 3.05) is 13.1 Å². The molecule has 3 unspecified atom stereocenters. The number of β-amino-alcohol motifs (C(OH)–C–C–N with tert-alkyl or cyclic N) is 1. The molecule has 1 aliphatic rings. The molecule has 1 aliphatic heterocycles. The fraction of sp³-hybridized carbons (Fsp3) is 0.625. The molecule has 3 N–H and O–H groups in total. The average Bonchev–Trinajstić information content (AvgIpc) is 3.04. The topological polar surface area (TPSA) is 85.0 Å². The zero-order valence-corrected chi connectivity index (χ0v) is 13.3. The minimum Gasteiger partial charge on any atom is -0.391 e. The van der Waals surface area contributed by atoms with Crippen molar-refractivity contribution in [1.82, 2.24) is 19.9 Å². The number of hydrogen-bond acceptors (Lipinski definition) is 4. The van der Waals surface area contributed by atoms with E-state index in [1.807, 2.05) is 6.20 Å². The third-order valence-electron chi connectivity index (χ3n) is 5.08. The molecule has 0 amide bonds. The summed E-state index contributed by atoms with van der Waals surface area (Å²) in [6.45, 7) is 8.89. The molecule has 3 atom stereocenters. The summed E-state index contributed by atoms with van der Waals surface area (Å²) in [5.74, 6) is 1.36. The maximum atomic E-state index is 11.7. The highest BCUT2D eigenvalue weighted by Gasteiger charge is 2.36. The Morgan fingerprint density at radius 2 is 2.14 bits per heavy atom. The summed E-state index contributed by atoms with van der Waals surface area (Å²) < 4.78 is 0. The van der Waals surface area contributed by atoms with Gasteiger partial charge in [-0.05, 0) is 11.8 Å². The van der Waals surface area contributed by atoms with Gasteiger partial charge in [0.15, 0.2) is 0 Å². The Morgan fingerprint density at radius 1 is 1.36 bits per heavy atom. The predicted octanol–water partition coefficient (Wildman–Crippen LogP) is 1.34. The van der Waals surface area contributed by atoms with Crippen LogP contribution >= 0.6 is 0 Å². The van der Waals surface area contributed by atoms with Crippen LogP contribution in [0, 0.1) is 17.8 Å². The molecule has 2 aromatic rings. The van der Waals surface area contributed by atoms with Gasteiger partial charge in [-0.2, -0.15) is 0 Å². The van der Waals surface area contributed by atoms with Crippen LogP contribution in [0.5, 0.6) is 0 Å². The second kappa shape index (κ2) is 5.85. The van der Waals surface area contributed by atoms with E-state index in [0.717, 1.165) is 17.6 Å². The molecular weight excluding hydrogens is 280 g/mol. The van der Waals surface area contributed by atoms with Crippen molar-refractivity contribution in [3.05, 3.63) is 28.4 Å². The molecule has 1 fully saturated rings. The predicted molar refractivity (Wildman–Crippen MR) is 85.5 cm³/mol. The number of H-pyrrole nitrogens is 2. The monoisotopic (exact) mass is 304 g/mol. The molecule has 0 spiro atoms. The minimum atomic E-state index is -0.279. The summed E-state index contributed by atoms with van der Waals surface area (Å²) in [7, 11) is 0. The normalized spacial score (nSPS) is 24.4. The second-order valence-corrected chi connectivity index (χ2v) is 6.80. The van der Waals surface area contributed by atoms with Crippen LogP contribution in [0.4, 0.5) is 0 Å². The molecular formula is C16H24N4O2. The van der Waals surface area contributed by atoms with Crippen LogP contribution < -0.4 is 5.56 Å². The van der Waals surface area contributed by atoms with Crippen molar-refractivity contribution in [3.8, 4) is 0 Å². The third kappa shape index (κ3) is 2.68. The van der Waals surface area contributed by atoms with Crippen LogP contribution in [0.25, 0.3) is 11.0 Å². The van der Waals surface area contributed by atoms with Gasteiger partial charge in [0, 0.05) is 37.3 Å². The number of nitrogens with one attached hydrogen (secondary N) is 2. The lowest BCUT2D eigenvalue weighted by atomic mass is 9.83. The van der Waals surface area contributed by atoms with Crippen molar-refractivity contribution >= 4 is 11.0 Å². The molecule has 22 heavy (non-hydrogen) atoms. The quantitative estimate of drug-likeness (QED) is 0.795. The molecule has 0 bridgehead atoms. The van der Waals surface area contributed by atoms with Gasteiger partial charge < -0.3 is 15.1 Å². The number of hydrogen-bond donors (Lipinski definition) is 3. The summed E-state index contributed by atoms with van der Waals surface area (Å²) in [4.78, 5) is 23.8. The van der Waals surface area contributed by atoms with Crippen LogP contribution in [-0.4, -0.2) is 44.2 Å². The lowest BCUT2D eigenvalue weighted by molar-refractivity contribution is 0.101.